The lowest BCUT2D eigenvalue weighted by atomic mass is 10.0. The van der Waals surface area contributed by atoms with Crippen molar-refractivity contribution in [3.63, 3.8) is 0 Å². The number of nitrogens with zero attached hydrogens (tertiary/aromatic N) is 1. The zero-order valence-corrected chi connectivity index (χ0v) is 18.7. The molecule has 2 aromatic carbocycles. The van der Waals surface area contributed by atoms with Gasteiger partial charge in [0.25, 0.3) is 5.91 Å². The monoisotopic (exact) mass is 456 g/mol. The van der Waals surface area contributed by atoms with Gasteiger partial charge in [-0.05, 0) is 55.2 Å². The van der Waals surface area contributed by atoms with Crippen molar-refractivity contribution >= 4 is 38.3 Å². The summed E-state index contributed by atoms with van der Waals surface area (Å²) in [6.07, 6.45) is 1.95. The summed E-state index contributed by atoms with van der Waals surface area (Å²) in [4.78, 5) is 25.2. The summed E-state index contributed by atoms with van der Waals surface area (Å²) in [6, 6.07) is 11.7. The van der Waals surface area contributed by atoms with E-state index in [0.29, 0.717) is 48.3 Å². The normalized spacial score (nSPS) is 13.6. The van der Waals surface area contributed by atoms with Crippen molar-refractivity contribution in [2.24, 2.45) is 0 Å². The number of carbonyl (C=O) groups excluding carboxylic acids is 1. The molecule has 9 heteroatoms. The number of carbonyl (C=O) groups is 1. The van der Waals surface area contributed by atoms with E-state index in [0.717, 1.165) is 5.56 Å². The highest BCUT2D eigenvalue weighted by atomic mass is 32.2. The van der Waals surface area contributed by atoms with E-state index in [1.807, 2.05) is 6.92 Å². The van der Waals surface area contributed by atoms with Gasteiger partial charge in [0.05, 0.1) is 18.6 Å². The lowest BCUT2D eigenvalue weighted by Gasteiger charge is -2.30. The maximum Gasteiger partial charge on any atom is 0.349 e. The van der Waals surface area contributed by atoms with Gasteiger partial charge in [-0.2, -0.15) is 0 Å². The number of hydrogen-bond acceptors (Lipinski definition) is 6. The number of benzene rings is 2. The fourth-order valence-electron chi connectivity index (χ4n) is 3.93. The number of rotatable bonds is 6. The van der Waals surface area contributed by atoms with Gasteiger partial charge in [-0.15, -0.1) is 0 Å². The average molecular weight is 457 g/mol. The standard InChI is InChI=1S/C23H24N2O6S/c1-3-12-32(28,29)25-11-5-7-15-13-17(9-10-19(15)25)24-22(26)18-14-16-6-4-8-20(30-2)21(16)31-23(18)27/h4,6,8-10,13-14H,3,5,7,11-12H2,1-2H3,(H,24,26). The van der Waals surface area contributed by atoms with Crippen LogP contribution >= 0.6 is 0 Å². The highest BCUT2D eigenvalue weighted by molar-refractivity contribution is 7.92. The first-order valence-corrected chi connectivity index (χ1v) is 12.0. The molecule has 1 aliphatic heterocycles. The van der Waals surface area contributed by atoms with E-state index < -0.39 is 21.6 Å². The third-order valence-electron chi connectivity index (χ3n) is 5.40. The number of nitrogens with one attached hydrogen (secondary N) is 1. The van der Waals surface area contributed by atoms with Crippen LogP contribution < -0.4 is 20.0 Å². The van der Waals surface area contributed by atoms with Gasteiger partial charge in [-0.1, -0.05) is 19.1 Å². The van der Waals surface area contributed by atoms with E-state index >= 15 is 0 Å². The van der Waals surface area contributed by atoms with Gasteiger partial charge in [-0.25, -0.2) is 13.2 Å². The van der Waals surface area contributed by atoms with Crippen LogP contribution in [0, 0.1) is 0 Å². The van der Waals surface area contributed by atoms with Crippen LogP contribution in [0.4, 0.5) is 11.4 Å². The Hall–Kier alpha value is -3.33. The van der Waals surface area contributed by atoms with Crippen LogP contribution in [0.5, 0.6) is 5.75 Å². The Kier molecular flexibility index (Phi) is 5.92. The van der Waals surface area contributed by atoms with E-state index in [1.54, 1.807) is 36.4 Å². The number of ether oxygens (including phenoxy) is 1. The topological polar surface area (TPSA) is 106 Å². The summed E-state index contributed by atoms with van der Waals surface area (Å²) in [7, 11) is -1.90. The van der Waals surface area contributed by atoms with Gasteiger partial charge in [0, 0.05) is 17.6 Å². The molecule has 8 nitrogen and oxygen atoms in total. The summed E-state index contributed by atoms with van der Waals surface area (Å²) < 4.78 is 37.2. The molecule has 0 saturated heterocycles. The summed E-state index contributed by atoms with van der Waals surface area (Å²) in [5, 5.41) is 3.29. The lowest BCUT2D eigenvalue weighted by Crippen LogP contribution is -2.37. The molecule has 0 saturated carbocycles. The molecule has 0 fully saturated rings. The van der Waals surface area contributed by atoms with Crippen LogP contribution in [-0.4, -0.2) is 33.7 Å². The number of amides is 1. The van der Waals surface area contributed by atoms with Crippen molar-refractivity contribution in [3.05, 3.63) is 64.0 Å². The predicted molar refractivity (Wildman–Crippen MR) is 123 cm³/mol. The van der Waals surface area contributed by atoms with E-state index in [9.17, 15) is 18.0 Å². The summed E-state index contributed by atoms with van der Waals surface area (Å²) in [5.74, 6) is -0.105. The molecule has 1 aliphatic rings. The first-order chi connectivity index (χ1) is 15.3. The number of anilines is 2. The van der Waals surface area contributed by atoms with Crippen molar-refractivity contribution in [3.8, 4) is 5.75 Å². The van der Waals surface area contributed by atoms with E-state index in [1.165, 1.54) is 17.5 Å². The largest absolute Gasteiger partial charge is 0.493 e. The molecule has 0 bridgehead atoms. The Bertz CT molecular complexity index is 1350. The second kappa shape index (κ2) is 8.66. The Balaban J connectivity index is 1.62. The maximum absolute atomic E-state index is 12.8. The Morgan fingerprint density at radius 2 is 2.03 bits per heavy atom. The zero-order valence-electron chi connectivity index (χ0n) is 17.9. The molecular formula is C23H24N2O6S. The van der Waals surface area contributed by atoms with Crippen molar-refractivity contribution in [2.45, 2.75) is 26.2 Å². The molecular weight excluding hydrogens is 432 g/mol. The van der Waals surface area contributed by atoms with E-state index in [2.05, 4.69) is 5.32 Å². The molecule has 2 heterocycles. The number of fused-ring (bicyclic) bond motifs is 2. The maximum atomic E-state index is 12.8. The molecule has 0 spiro atoms. The zero-order chi connectivity index (χ0) is 22.9. The molecule has 0 unspecified atom stereocenters. The molecule has 1 amide bonds. The van der Waals surface area contributed by atoms with Gasteiger partial charge >= 0.3 is 5.63 Å². The van der Waals surface area contributed by atoms with E-state index in [4.69, 9.17) is 9.15 Å². The third kappa shape index (κ3) is 4.08. The molecule has 1 N–H and O–H groups in total. The molecule has 1 aromatic heterocycles. The Labute approximate surface area is 185 Å². The summed E-state index contributed by atoms with van der Waals surface area (Å²) in [6.45, 7) is 2.28. The molecule has 3 aromatic rings. The number of sulfonamides is 1. The summed E-state index contributed by atoms with van der Waals surface area (Å²) >= 11 is 0. The quantitative estimate of drug-likeness (QED) is 0.569. The van der Waals surface area contributed by atoms with Crippen molar-refractivity contribution < 1.29 is 22.4 Å². The second-order valence-electron chi connectivity index (χ2n) is 7.62. The van der Waals surface area contributed by atoms with Gasteiger partial charge in [0.2, 0.25) is 10.0 Å². The first-order valence-electron chi connectivity index (χ1n) is 10.4. The Morgan fingerprint density at radius 1 is 1.22 bits per heavy atom. The first kappa shape index (κ1) is 21.9. The van der Waals surface area contributed by atoms with Crippen molar-refractivity contribution in [1.82, 2.24) is 0 Å². The molecule has 0 aliphatic carbocycles. The highest BCUT2D eigenvalue weighted by Crippen LogP contribution is 2.32. The molecule has 0 atom stereocenters. The minimum atomic E-state index is -3.38. The lowest BCUT2D eigenvalue weighted by molar-refractivity contribution is 0.102. The van der Waals surface area contributed by atoms with Crippen LogP contribution in [-0.2, 0) is 16.4 Å². The molecule has 32 heavy (non-hydrogen) atoms. The second-order valence-corrected chi connectivity index (χ2v) is 9.63. The molecule has 0 radical (unpaired) electrons. The number of aryl methyl sites for hydroxylation is 1. The van der Waals surface area contributed by atoms with Gasteiger partial charge in [0.1, 0.15) is 5.56 Å². The van der Waals surface area contributed by atoms with Crippen LogP contribution in [0.2, 0.25) is 0 Å². The van der Waals surface area contributed by atoms with Gasteiger partial charge in [0.15, 0.2) is 11.3 Å². The highest BCUT2D eigenvalue weighted by Gasteiger charge is 2.27. The molecule has 4 rings (SSSR count). The molecule has 168 valence electrons. The van der Waals surface area contributed by atoms with Gasteiger partial charge in [-0.3, -0.25) is 9.10 Å². The fourth-order valence-corrected chi connectivity index (χ4v) is 5.55. The van der Waals surface area contributed by atoms with Crippen LogP contribution in [0.25, 0.3) is 11.0 Å². The van der Waals surface area contributed by atoms with Gasteiger partial charge < -0.3 is 14.5 Å². The smallest absolute Gasteiger partial charge is 0.349 e. The number of methoxy groups -OCH3 is 1. The average Bonchev–Trinajstić information content (AvgIpc) is 2.77. The van der Waals surface area contributed by atoms with E-state index in [-0.39, 0.29) is 16.9 Å². The number of para-hydroxylation sites is 1. The Morgan fingerprint density at radius 3 is 2.78 bits per heavy atom. The minimum Gasteiger partial charge on any atom is -0.493 e. The SMILES string of the molecule is CCCS(=O)(=O)N1CCCc2cc(NC(=O)c3cc4cccc(OC)c4oc3=O)ccc21. The predicted octanol–water partition coefficient (Wildman–Crippen LogP) is 3.55. The third-order valence-corrected chi connectivity index (χ3v) is 7.37. The summed E-state index contributed by atoms with van der Waals surface area (Å²) in [5.41, 5.74) is 1.33. The van der Waals surface area contributed by atoms with Crippen molar-refractivity contribution in [1.29, 1.82) is 0 Å². The van der Waals surface area contributed by atoms with Crippen LogP contribution in [0.1, 0.15) is 35.7 Å². The minimum absolute atomic E-state index is 0.0907. The van der Waals surface area contributed by atoms with Crippen molar-refractivity contribution in [2.75, 3.05) is 29.0 Å². The van der Waals surface area contributed by atoms with Crippen LogP contribution in [0.3, 0.4) is 0 Å². The number of hydrogen-bond donors (Lipinski definition) is 1. The van der Waals surface area contributed by atoms with Crippen LogP contribution in [0.15, 0.2) is 51.7 Å². The fraction of sp³-hybridized carbons (Fsp3) is 0.304.